The number of hydrogen-bond acceptors (Lipinski definition) is 3. The van der Waals surface area contributed by atoms with Crippen LogP contribution in [0.1, 0.15) is 26.2 Å². The number of aryl methyl sites for hydroxylation is 1. The smallest absolute Gasteiger partial charge is 0.277 e. The van der Waals surface area contributed by atoms with E-state index in [4.69, 9.17) is 0 Å². The van der Waals surface area contributed by atoms with Crippen LogP contribution in [0.25, 0.3) is 22.2 Å². The maximum absolute atomic E-state index is 12.2. The molecule has 0 radical (unpaired) electrons. The lowest BCUT2D eigenvalue weighted by Gasteiger charge is -2.00. The molecule has 0 amide bonds. The third-order valence-electron chi connectivity index (χ3n) is 3.36. The van der Waals surface area contributed by atoms with Crippen molar-refractivity contribution in [1.29, 1.82) is 0 Å². The quantitative estimate of drug-likeness (QED) is 0.729. The first-order valence-corrected chi connectivity index (χ1v) is 6.63. The van der Waals surface area contributed by atoms with Crippen LogP contribution < -0.4 is 5.56 Å². The number of rotatable bonds is 4. The van der Waals surface area contributed by atoms with Crippen molar-refractivity contribution >= 4 is 10.9 Å². The number of nitrogens with one attached hydrogen (secondary N) is 1. The second-order valence-electron chi connectivity index (χ2n) is 4.71. The van der Waals surface area contributed by atoms with Crippen LogP contribution in [0.15, 0.2) is 29.5 Å². The van der Waals surface area contributed by atoms with E-state index in [0.29, 0.717) is 12.1 Å². The highest BCUT2D eigenvalue weighted by Gasteiger charge is 2.17. The molecule has 0 aromatic carbocycles. The molecule has 2 aliphatic heterocycles. The van der Waals surface area contributed by atoms with Crippen LogP contribution in [0, 0.1) is 0 Å². The van der Waals surface area contributed by atoms with E-state index >= 15 is 0 Å². The molecule has 0 fully saturated rings. The Morgan fingerprint density at radius 3 is 3.11 bits per heavy atom. The third-order valence-corrected chi connectivity index (χ3v) is 3.36. The summed E-state index contributed by atoms with van der Waals surface area (Å²) in [6, 6.07) is 1.88. The molecular formula is C14H16N4O. The van der Waals surface area contributed by atoms with E-state index < -0.39 is 0 Å². The van der Waals surface area contributed by atoms with Gasteiger partial charge in [-0.2, -0.15) is 5.10 Å². The first-order valence-electron chi connectivity index (χ1n) is 6.63. The minimum Gasteiger partial charge on any atom is -0.360 e. The number of aromatic amines is 1. The fourth-order valence-electron chi connectivity index (χ4n) is 2.31. The Morgan fingerprint density at radius 2 is 2.26 bits per heavy atom. The topological polar surface area (TPSA) is 63.6 Å². The lowest BCUT2D eigenvalue weighted by Crippen LogP contribution is -2.16. The normalized spacial score (nSPS) is 11.4. The van der Waals surface area contributed by atoms with Crippen LogP contribution in [0.3, 0.4) is 0 Å². The van der Waals surface area contributed by atoms with Gasteiger partial charge in [0.15, 0.2) is 0 Å². The standard InChI is InChI=1S/C14H16N4O/c1-2-3-4-7-18-14(19)11-9-16-12-5-6-15-8-10(12)13(11)17-18/h5-6,8-9,16H,2-4,7H2,1H3. The lowest BCUT2D eigenvalue weighted by atomic mass is 10.1. The Hall–Kier alpha value is -2.17. The number of hydrogen-bond donors (Lipinski definition) is 1. The van der Waals surface area contributed by atoms with Crippen molar-refractivity contribution in [2.24, 2.45) is 0 Å². The molecule has 0 spiro atoms. The van der Waals surface area contributed by atoms with E-state index in [9.17, 15) is 4.79 Å². The summed E-state index contributed by atoms with van der Waals surface area (Å²) in [5.41, 5.74) is 2.30. The largest absolute Gasteiger partial charge is 0.360 e. The molecule has 19 heavy (non-hydrogen) atoms. The van der Waals surface area contributed by atoms with Crippen molar-refractivity contribution in [2.75, 3.05) is 0 Å². The van der Waals surface area contributed by atoms with Crippen LogP contribution in [-0.2, 0) is 6.54 Å². The molecule has 1 N–H and O–H groups in total. The van der Waals surface area contributed by atoms with Crippen molar-refractivity contribution in [3.63, 3.8) is 0 Å². The van der Waals surface area contributed by atoms with Crippen LogP contribution in [0.4, 0.5) is 0 Å². The second kappa shape index (κ2) is 4.84. The molecule has 98 valence electrons. The Morgan fingerprint density at radius 1 is 1.37 bits per heavy atom. The van der Waals surface area contributed by atoms with Crippen LogP contribution >= 0.6 is 0 Å². The number of H-pyrrole nitrogens is 1. The summed E-state index contributed by atoms with van der Waals surface area (Å²) in [6.45, 7) is 2.83. The molecule has 1 aromatic rings. The average molecular weight is 256 g/mol. The molecule has 5 nitrogen and oxygen atoms in total. The number of aromatic nitrogens is 4. The van der Waals surface area contributed by atoms with Gasteiger partial charge in [-0.05, 0) is 12.5 Å². The van der Waals surface area contributed by atoms with Gasteiger partial charge in [0.25, 0.3) is 5.56 Å². The summed E-state index contributed by atoms with van der Waals surface area (Å²) >= 11 is 0. The highest BCUT2D eigenvalue weighted by molar-refractivity contribution is 5.92. The molecule has 0 aliphatic carbocycles. The number of nitrogens with zero attached hydrogens (tertiary/aromatic N) is 3. The predicted octanol–water partition coefficient (Wildman–Crippen LogP) is 2.41. The van der Waals surface area contributed by atoms with Crippen molar-refractivity contribution in [3.8, 4) is 11.3 Å². The second-order valence-corrected chi connectivity index (χ2v) is 4.71. The van der Waals surface area contributed by atoms with Crippen LogP contribution in [0.5, 0.6) is 0 Å². The van der Waals surface area contributed by atoms with Crippen LogP contribution in [-0.4, -0.2) is 19.7 Å². The molecule has 0 saturated heterocycles. The van der Waals surface area contributed by atoms with E-state index in [0.717, 1.165) is 35.9 Å². The highest BCUT2D eigenvalue weighted by atomic mass is 16.1. The van der Waals surface area contributed by atoms with E-state index in [2.05, 4.69) is 22.0 Å². The van der Waals surface area contributed by atoms with Gasteiger partial charge >= 0.3 is 0 Å². The van der Waals surface area contributed by atoms with E-state index in [1.165, 1.54) is 0 Å². The summed E-state index contributed by atoms with van der Waals surface area (Å²) < 4.78 is 1.57. The molecule has 0 saturated carbocycles. The third kappa shape index (κ3) is 2.01. The monoisotopic (exact) mass is 256 g/mol. The van der Waals surface area contributed by atoms with Crippen molar-refractivity contribution in [2.45, 2.75) is 32.7 Å². The van der Waals surface area contributed by atoms with Crippen LogP contribution in [0.2, 0.25) is 0 Å². The van der Waals surface area contributed by atoms with Gasteiger partial charge in [-0.25, -0.2) is 4.68 Å². The van der Waals surface area contributed by atoms with Crippen molar-refractivity contribution in [1.82, 2.24) is 19.7 Å². The number of pyridine rings is 2. The Bertz CT molecular complexity index is 728. The summed E-state index contributed by atoms with van der Waals surface area (Å²) in [4.78, 5) is 19.5. The van der Waals surface area contributed by atoms with E-state index in [-0.39, 0.29) is 5.56 Å². The van der Waals surface area contributed by atoms with Gasteiger partial charge < -0.3 is 4.98 Å². The summed E-state index contributed by atoms with van der Waals surface area (Å²) in [6.07, 6.45) is 8.45. The molecule has 0 atom stereocenters. The fraction of sp³-hybridized carbons (Fsp3) is 0.357. The van der Waals surface area contributed by atoms with Crippen molar-refractivity contribution < 1.29 is 0 Å². The summed E-state index contributed by atoms with van der Waals surface area (Å²) in [5, 5.41) is 5.35. The predicted molar refractivity (Wildman–Crippen MR) is 74.3 cm³/mol. The van der Waals surface area contributed by atoms with Gasteiger partial charge in [0.1, 0.15) is 5.69 Å². The van der Waals surface area contributed by atoms with Gasteiger partial charge in [0, 0.05) is 30.5 Å². The minimum atomic E-state index is -0.0203. The highest BCUT2D eigenvalue weighted by Crippen LogP contribution is 2.23. The molecular weight excluding hydrogens is 240 g/mol. The zero-order valence-corrected chi connectivity index (χ0v) is 10.9. The molecule has 5 heteroatoms. The molecule has 0 bridgehead atoms. The average Bonchev–Trinajstić information content (AvgIpc) is 2.77. The summed E-state index contributed by atoms with van der Waals surface area (Å²) in [7, 11) is 0. The number of unbranched alkanes of at least 4 members (excludes halogenated alkanes) is 2. The van der Waals surface area contributed by atoms with E-state index in [1.54, 1.807) is 23.3 Å². The molecule has 2 aliphatic rings. The molecule has 0 unspecified atom stereocenters. The molecule has 3 heterocycles. The Kier molecular flexibility index (Phi) is 3.03. The van der Waals surface area contributed by atoms with Gasteiger partial charge in [0.2, 0.25) is 0 Å². The first-order chi connectivity index (χ1) is 9.31. The van der Waals surface area contributed by atoms with Gasteiger partial charge in [0.05, 0.1) is 11.1 Å². The van der Waals surface area contributed by atoms with Gasteiger partial charge in [-0.1, -0.05) is 19.8 Å². The van der Waals surface area contributed by atoms with Crippen molar-refractivity contribution in [3.05, 3.63) is 35.0 Å². The zero-order chi connectivity index (χ0) is 13.2. The lowest BCUT2D eigenvalue weighted by molar-refractivity contribution is 0.543. The molecule has 1 aromatic heterocycles. The van der Waals surface area contributed by atoms with Gasteiger partial charge in [-0.3, -0.25) is 9.78 Å². The Balaban J connectivity index is 2.11. The SMILES string of the molecule is CCCCCn1nc2c3cnccc3[nH]cc-2c1=O. The number of fused-ring (bicyclic) bond motifs is 3. The summed E-state index contributed by atoms with van der Waals surface area (Å²) in [5.74, 6) is 0. The first kappa shape index (κ1) is 11.9. The maximum Gasteiger partial charge on any atom is 0.277 e. The zero-order valence-electron chi connectivity index (χ0n) is 10.9. The van der Waals surface area contributed by atoms with Gasteiger partial charge in [-0.15, -0.1) is 0 Å². The fourth-order valence-corrected chi connectivity index (χ4v) is 2.31. The maximum atomic E-state index is 12.2. The van der Waals surface area contributed by atoms with E-state index in [1.807, 2.05) is 6.07 Å². The minimum absolute atomic E-state index is 0.0203. The Labute approximate surface area is 110 Å². The molecule has 3 rings (SSSR count).